The van der Waals surface area contributed by atoms with Crippen LogP contribution in [0.2, 0.25) is 0 Å². The highest BCUT2D eigenvalue weighted by Crippen LogP contribution is 1.94. The van der Waals surface area contributed by atoms with E-state index in [-0.39, 0.29) is 13.0 Å². The van der Waals surface area contributed by atoms with Crippen molar-refractivity contribution in [3.63, 3.8) is 0 Å². The Balaban J connectivity index is 4.06. The van der Waals surface area contributed by atoms with Gasteiger partial charge >= 0.3 is 5.97 Å². The van der Waals surface area contributed by atoms with E-state index in [9.17, 15) is 18.0 Å². The van der Waals surface area contributed by atoms with Gasteiger partial charge in [-0.05, 0) is 0 Å². The Morgan fingerprint density at radius 2 is 1.87 bits per heavy atom. The van der Waals surface area contributed by atoms with Gasteiger partial charge in [0, 0.05) is 19.8 Å². The normalized spacial score (nSPS) is 10.9. The number of carbonyl (C=O) groups excluding carboxylic acids is 2. The van der Waals surface area contributed by atoms with Crippen molar-refractivity contribution in [3.8, 4) is 0 Å². The highest BCUT2D eigenvalue weighted by molar-refractivity contribution is 7.91. The topological polar surface area (TPSA) is 80.8 Å². The summed E-state index contributed by atoms with van der Waals surface area (Å²) in [5.41, 5.74) is 0. The molecule has 1 amide bonds. The molecule has 0 radical (unpaired) electrons. The maximum Gasteiger partial charge on any atom is 0.307 e. The van der Waals surface area contributed by atoms with E-state index in [1.807, 2.05) is 0 Å². The van der Waals surface area contributed by atoms with Gasteiger partial charge in [0.05, 0.1) is 13.5 Å². The summed E-state index contributed by atoms with van der Waals surface area (Å²) in [4.78, 5) is 23.2. The van der Waals surface area contributed by atoms with E-state index in [1.165, 1.54) is 19.1 Å². The van der Waals surface area contributed by atoms with Crippen LogP contribution in [0.5, 0.6) is 0 Å². The second-order valence-electron chi connectivity index (χ2n) is 3.21. The molecule has 0 fully saturated rings. The van der Waals surface area contributed by atoms with Gasteiger partial charge in [0.1, 0.15) is 5.75 Å². The second-order valence-corrected chi connectivity index (χ2v) is 5.35. The van der Waals surface area contributed by atoms with Crippen LogP contribution in [-0.4, -0.2) is 57.9 Å². The first-order valence-corrected chi connectivity index (χ1v) is 6.31. The van der Waals surface area contributed by atoms with Crippen LogP contribution in [0.25, 0.3) is 0 Å². The molecule has 0 unspecified atom stereocenters. The van der Waals surface area contributed by atoms with Crippen LogP contribution in [-0.2, 0) is 24.2 Å². The first kappa shape index (κ1) is 13.9. The fraction of sp³-hybridized carbons (Fsp3) is 0.750. The molecule has 0 aliphatic rings. The van der Waals surface area contributed by atoms with Gasteiger partial charge in [-0.2, -0.15) is 0 Å². The minimum Gasteiger partial charge on any atom is -0.469 e. The van der Waals surface area contributed by atoms with Crippen LogP contribution in [0.1, 0.15) is 6.42 Å². The van der Waals surface area contributed by atoms with E-state index in [0.29, 0.717) is 0 Å². The Labute approximate surface area is 89.1 Å². The maximum atomic E-state index is 11.3. The van der Waals surface area contributed by atoms with Gasteiger partial charge in [-0.1, -0.05) is 0 Å². The van der Waals surface area contributed by atoms with Crippen LogP contribution in [0.15, 0.2) is 0 Å². The number of nitrogens with zero attached hydrogens (tertiary/aromatic N) is 1. The van der Waals surface area contributed by atoms with Gasteiger partial charge < -0.3 is 9.64 Å². The number of hydrogen-bond acceptors (Lipinski definition) is 5. The quantitative estimate of drug-likeness (QED) is 0.576. The molecule has 0 rings (SSSR count). The number of sulfone groups is 1. The lowest BCUT2D eigenvalue weighted by atomic mass is 10.4. The Kier molecular flexibility index (Phi) is 5.27. The predicted octanol–water partition coefficient (Wildman–Crippen LogP) is -0.947. The molecule has 0 aliphatic carbocycles. The molecular weight excluding hydrogens is 222 g/mol. The molecule has 0 spiro atoms. The molecule has 0 aromatic carbocycles. The summed E-state index contributed by atoms with van der Waals surface area (Å²) >= 11 is 0. The lowest BCUT2D eigenvalue weighted by Gasteiger charge is -2.15. The van der Waals surface area contributed by atoms with Crippen molar-refractivity contribution in [2.75, 3.05) is 32.7 Å². The summed E-state index contributed by atoms with van der Waals surface area (Å²) < 4.78 is 26.0. The summed E-state index contributed by atoms with van der Waals surface area (Å²) in [7, 11) is -0.628. The molecule has 0 saturated carbocycles. The Bertz CT molecular complexity index is 335. The van der Waals surface area contributed by atoms with Gasteiger partial charge in [0.15, 0.2) is 9.84 Å². The van der Waals surface area contributed by atoms with Crippen molar-refractivity contribution in [2.24, 2.45) is 0 Å². The smallest absolute Gasteiger partial charge is 0.307 e. The molecule has 0 N–H and O–H groups in total. The van der Waals surface area contributed by atoms with Gasteiger partial charge in [-0.3, -0.25) is 9.59 Å². The maximum absolute atomic E-state index is 11.3. The zero-order chi connectivity index (χ0) is 12.1. The van der Waals surface area contributed by atoms with Crippen molar-refractivity contribution < 1.29 is 22.7 Å². The van der Waals surface area contributed by atoms with E-state index in [1.54, 1.807) is 0 Å². The number of amides is 1. The first-order chi connectivity index (χ1) is 6.76. The Morgan fingerprint density at radius 1 is 1.33 bits per heavy atom. The number of hydrogen-bond donors (Lipinski definition) is 0. The Morgan fingerprint density at radius 3 is 2.27 bits per heavy atom. The number of carbonyl (C=O) groups is 2. The summed E-state index contributed by atoms with van der Waals surface area (Å²) in [6, 6.07) is 0. The average Bonchev–Trinajstić information content (AvgIpc) is 2.10. The summed E-state index contributed by atoms with van der Waals surface area (Å²) in [5.74, 6) is -1.50. The molecule has 88 valence electrons. The molecule has 0 aromatic heterocycles. The van der Waals surface area contributed by atoms with Crippen LogP contribution in [0.3, 0.4) is 0 Å². The predicted molar refractivity (Wildman–Crippen MR) is 54.0 cm³/mol. The van der Waals surface area contributed by atoms with E-state index < -0.39 is 27.5 Å². The fourth-order valence-corrected chi connectivity index (χ4v) is 1.49. The summed E-state index contributed by atoms with van der Waals surface area (Å²) in [6.07, 6.45) is 1.04. The minimum absolute atomic E-state index is 0.0580. The number of methoxy groups -OCH3 is 1. The first-order valence-electron chi connectivity index (χ1n) is 4.25. The van der Waals surface area contributed by atoms with E-state index in [0.717, 1.165) is 6.26 Å². The molecule has 0 atom stereocenters. The molecule has 0 heterocycles. The highest BCUT2D eigenvalue weighted by Gasteiger charge is 2.15. The number of rotatable bonds is 5. The minimum atomic E-state index is -3.32. The van der Waals surface area contributed by atoms with Crippen LogP contribution < -0.4 is 0 Å². The molecular formula is C8H15NO5S. The number of ether oxygens (including phenoxy) is 1. The van der Waals surface area contributed by atoms with Crippen LogP contribution in [0.4, 0.5) is 0 Å². The van der Waals surface area contributed by atoms with Crippen molar-refractivity contribution in [1.29, 1.82) is 0 Å². The standard InChI is InChI=1S/C8H15NO5S/c1-9(5-4-8(11)14-2)7(10)6-15(3,12)13/h4-6H2,1-3H3. The van der Waals surface area contributed by atoms with Crippen molar-refractivity contribution in [2.45, 2.75) is 6.42 Å². The summed E-state index contributed by atoms with van der Waals surface area (Å²) in [6.45, 7) is 0.154. The zero-order valence-corrected chi connectivity index (χ0v) is 9.83. The third kappa shape index (κ3) is 6.89. The lowest BCUT2D eigenvalue weighted by Crippen LogP contribution is -2.33. The zero-order valence-electron chi connectivity index (χ0n) is 9.02. The average molecular weight is 237 g/mol. The lowest BCUT2D eigenvalue weighted by molar-refractivity contribution is -0.141. The SMILES string of the molecule is COC(=O)CCN(C)C(=O)CS(C)(=O)=O. The van der Waals surface area contributed by atoms with Gasteiger partial charge in [-0.25, -0.2) is 8.42 Å². The molecule has 0 aliphatic heterocycles. The van der Waals surface area contributed by atoms with Crippen LogP contribution >= 0.6 is 0 Å². The van der Waals surface area contributed by atoms with Gasteiger partial charge in [0.2, 0.25) is 5.91 Å². The van der Waals surface area contributed by atoms with Crippen molar-refractivity contribution in [1.82, 2.24) is 4.90 Å². The molecule has 0 bridgehead atoms. The van der Waals surface area contributed by atoms with Crippen molar-refractivity contribution >= 4 is 21.7 Å². The molecule has 7 heteroatoms. The van der Waals surface area contributed by atoms with Crippen molar-refractivity contribution in [3.05, 3.63) is 0 Å². The van der Waals surface area contributed by atoms with Crippen LogP contribution in [0, 0.1) is 0 Å². The van der Waals surface area contributed by atoms with Gasteiger partial charge in [0.25, 0.3) is 0 Å². The third-order valence-electron chi connectivity index (χ3n) is 1.69. The Hall–Kier alpha value is -1.11. The molecule has 0 saturated heterocycles. The van der Waals surface area contributed by atoms with E-state index in [4.69, 9.17) is 0 Å². The van der Waals surface area contributed by atoms with Gasteiger partial charge in [-0.15, -0.1) is 0 Å². The van der Waals surface area contributed by atoms with E-state index in [2.05, 4.69) is 4.74 Å². The fourth-order valence-electron chi connectivity index (χ4n) is 0.820. The summed E-state index contributed by atoms with van der Waals surface area (Å²) in [5, 5.41) is 0. The molecule has 15 heavy (non-hydrogen) atoms. The largest absolute Gasteiger partial charge is 0.469 e. The second kappa shape index (κ2) is 5.69. The molecule has 0 aromatic rings. The monoisotopic (exact) mass is 237 g/mol. The highest BCUT2D eigenvalue weighted by atomic mass is 32.2. The number of esters is 1. The molecule has 6 nitrogen and oxygen atoms in total. The van der Waals surface area contributed by atoms with E-state index >= 15 is 0 Å². The third-order valence-corrected chi connectivity index (χ3v) is 2.46.